The first kappa shape index (κ1) is 23.5. The monoisotopic (exact) mass is 457 g/mol. The van der Waals surface area contributed by atoms with Crippen LogP contribution in [0.4, 0.5) is 11.4 Å². The number of rotatable bonds is 5. The van der Waals surface area contributed by atoms with Crippen LogP contribution in [0.1, 0.15) is 60.7 Å². The molecular weight excluding hydrogens is 426 g/mol. The Bertz CT molecular complexity index is 1160. The van der Waals surface area contributed by atoms with E-state index < -0.39 is 11.6 Å². The number of benzene rings is 2. The Balaban J connectivity index is 1.64. The van der Waals surface area contributed by atoms with Gasteiger partial charge in [-0.25, -0.2) is 4.79 Å². The molecule has 0 atom stereocenters. The van der Waals surface area contributed by atoms with E-state index in [1.807, 2.05) is 63.2 Å². The number of ether oxygens (including phenoxy) is 1. The highest BCUT2D eigenvalue weighted by atomic mass is 16.6. The van der Waals surface area contributed by atoms with E-state index in [4.69, 9.17) is 4.74 Å². The van der Waals surface area contributed by atoms with Crippen molar-refractivity contribution in [2.45, 2.75) is 45.6 Å². The van der Waals surface area contributed by atoms with Crippen molar-refractivity contribution in [1.82, 2.24) is 4.98 Å². The molecule has 176 valence electrons. The molecule has 0 unspecified atom stereocenters. The lowest BCUT2D eigenvalue weighted by Crippen LogP contribution is -2.30. The fourth-order valence-corrected chi connectivity index (χ4v) is 4.04. The van der Waals surface area contributed by atoms with Crippen molar-refractivity contribution in [3.8, 4) is 11.1 Å². The largest absolute Gasteiger partial charge is 0.456 e. The van der Waals surface area contributed by atoms with Gasteiger partial charge in [0.1, 0.15) is 5.60 Å². The van der Waals surface area contributed by atoms with E-state index in [1.165, 1.54) is 12.6 Å². The lowest BCUT2D eigenvalue weighted by atomic mass is 10.1. The van der Waals surface area contributed by atoms with Gasteiger partial charge in [-0.3, -0.25) is 9.78 Å². The van der Waals surface area contributed by atoms with Crippen LogP contribution < -0.4 is 10.2 Å². The second-order valence-corrected chi connectivity index (χ2v) is 9.56. The number of amides is 1. The maximum atomic E-state index is 13.2. The van der Waals surface area contributed by atoms with Gasteiger partial charge < -0.3 is 15.0 Å². The van der Waals surface area contributed by atoms with Gasteiger partial charge in [0.15, 0.2) is 0 Å². The average molecular weight is 458 g/mol. The molecule has 34 heavy (non-hydrogen) atoms. The number of hydrogen-bond acceptors (Lipinski definition) is 5. The number of aromatic nitrogens is 1. The molecule has 2 heterocycles. The first-order chi connectivity index (χ1) is 16.3. The molecule has 1 aliphatic rings. The fraction of sp³-hybridized carbons (Fsp3) is 0.321. The quantitative estimate of drug-likeness (QED) is 0.480. The van der Waals surface area contributed by atoms with E-state index in [-0.39, 0.29) is 5.91 Å². The van der Waals surface area contributed by atoms with Gasteiger partial charge in [-0.05, 0) is 69.9 Å². The van der Waals surface area contributed by atoms with E-state index >= 15 is 0 Å². The zero-order chi connectivity index (χ0) is 24.1. The topological polar surface area (TPSA) is 71.5 Å². The minimum atomic E-state index is -0.641. The van der Waals surface area contributed by atoms with E-state index in [0.717, 1.165) is 42.7 Å². The molecule has 1 amide bonds. The predicted octanol–water partition coefficient (Wildman–Crippen LogP) is 5.95. The van der Waals surface area contributed by atoms with E-state index in [9.17, 15) is 9.59 Å². The van der Waals surface area contributed by atoms with Crippen LogP contribution in [0.25, 0.3) is 11.1 Å². The Morgan fingerprint density at radius 1 is 0.912 bits per heavy atom. The van der Waals surface area contributed by atoms with Crippen LogP contribution in [-0.2, 0) is 4.74 Å². The number of pyridine rings is 1. The number of esters is 1. The molecule has 3 aromatic rings. The second-order valence-electron chi connectivity index (χ2n) is 9.56. The first-order valence-corrected chi connectivity index (χ1v) is 11.7. The average Bonchev–Trinajstić information content (AvgIpc) is 2.84. The number of hydrogen-bond donors (Lipinski definition) is 1. The SMILES string of the molecule is CC(C)(C)OC(=O)c1ccc(N2CCCCC2)cc1NC(=O)c1cncc(-c2ccccc2)c1. The van der Waals surface area contributed by atoms with Gasteiger partial charge in [0.25, 0.3) is 5.91 Å². The van der Waals surface area contributed by atoms with Crippen molar-refractivity contribution >= 4 is 23.3 Å². The number of carbonyl (C=O) groups is 2. The standard InChI is InChI=1S/C28H31N3O3/c1-28(2,3)34-27(33)24-13-12-23(31-14-8-5-9-15-31)17-25(24)30-26(32)22-16-21(18-29-19-22)20-10-6-4-7-11-20/h4,6-7,10-13,16-19H,5,8-9,14-15H2,1-3H3,(H,30,32). The summed E-state index contributed by atoms with van der Waals surface area (Å²) in [6.45, 7) is 7.40. The third-order valence-corrected chi connectivity index (χ3v) is 5.70. The van der Waals surface area contributed by atoms with Crippen molar-refractivity contribution in [2.24, 2.45) is 0 Å². The van der Waals surface area contributed by atoms with E-state index in [1.54, 1.807) is 18.3 Å². The molecular formula is C28H31N3O3. The van der Waals surface area contributed by atoms with E-state index in [2.05, 4.69) is 15.2 Å². The summed E-state index contributed by atoms with van der Waals surface area (Å²) in [7, 11) is 0. The van der Waals surface area contributed by atoms with Crippen LogP contribution in [0, 0.1) is 0 Å². The molecule has 1 saturated heterocycles. The number of nitrogens with zero attached hydrogens (tertiary/aromatic N) is 2. The highest BCUT2D eigenvalue weighted by molar-refractivity contribution is 6.08. The summed E-state index contributed by atoms with van der Waals surface area (Å²) in [6.07, 6.45) is 6.75. The van der Waals surface area contributed by atoms with Crippen LogP contribution >= 0.6 is 0 Å². The van der Waals surface area contributed by atoms with Gasteiger partial charge >= 0.3 is 5.97 Å². The van der Waals surface area contributed by atoms with E-state index in [0.29, 0.717) is 16.8 Å². The van der Waals surface area contributed by atoms with Crippen molar-refractivity contribution in [1.29, 1.82) is 0 Å². The number of nitrogens with one attached hydrogen (secondary N) is 1. The van der Waals surface area contributed by atoms with Crippen LogP contribution in [-0.4, -0.2) is 35.6 Å². The maximum absolute atomic E-state index is 13.2. The molecule has 2 aromatic carbocycles. The lowest BCUT2D eigenvalue weighted by Gasteiger charge is -2.29. The summed E-state index contributed by atoms with van der Waals surface area (Å²) in [4.78, 5) is 32.7. The number of piperidine rings is 1. The summed E-state index contributed by atoms with van der Waals surface area (Å²) in [5.41, 5.74) is 3.36. The van der Waals surface area contributed by atoms with Crippen molar-refractivity contribution in [2.75, 3.05) is 23.3 Å². The highest BCUT2D eigenvalue weighted by Gasteiger charge is 2.23. The molecule has 6 nitrogen and oxygen atoms in total. The Morgan fingerprint density at radius 2 is 1.65 bits per heavy atom. The Hall–Kier alpha value is -3.67. The third kappa shape index (κ3) is 5.81. The van der Waals surface area contributed by atoms with Gasteiger partial charge in [0.2, 0.25) is 0 Å². The molecule has 1 N–H and O–H groups in total. The molecule has 0 spiro atoms. The molecule has 4 rings (SSSR count). The second kappa shape index (κ2) is 10.1. The van der Waals surface area contributed by atoms with Crippen LogP contribution in [0.5, 0.6) is 0 Å². The third-order valence-electron chi connectivity index (χ3n) is 5.70. The Kier molecular flexibility index (Phi) is 6.96. The molecule has 1 fully saturated rings. The summed E-state index contributed by atoms with van der Waals surface area (Å²) in [5.74, 6) is -0.796. The normalized spacial score (nSPS) is 13.9. The minimum absolute atomic E-state index is 0.328. The molecule has 6 heteroatoms. The van der Waals surface area contributed by atoms with Gasteiger partial charge in [-0.2, -0.15) is 0 Å². The predicted molar refractivity (Wildman–Crippen MR) is 135 cm³/mol. The molecule has 1 aliphatic heterocycles. The lowest BCUT2D eigenvalue weighted by molar-refractivity contribution is 0.00708. The Morgan fingerprint density at radius 3 is 2.35 bits per heavy atom. The molecule has 0 radical (unpaired) electrons. The molecule has 0 bridgehead atoms. The summed E-state index contributed by atoms with van der Waals surface area (Å²) >= 11 is 0. The Labute approximate surface area is 201 Å². The van der Waals surface area contributed by atoms with Crippen molar-refractivity contribution in [3.05, 3.63) is 78.1 Å². The zero-order valence-corrected chi connectivity index (χ0v) is 20.0. The molecule has 0 aliphatic carbocycles. The van der Waals surface area contributed by atoms with Gasteiger partial charge in [-0.15, -0.1) is 0 Å². The van der Waals surface area contributed by atoms with Gasteiger partial charge in [0, 0.05) is 36.7 Å². The fourth-order valence-electron chi connectivity index (χ4n) is 4.04. The summed E-state index contributed by atoms with van der Waals surface area (Å²) in [5, 5.41) is 2.95. The van der Waals surface area contributed by atoms with Crippen LogP contribution in [0.2, 0.25) is 0 Å². The van der Waals surface area contributed by atoms with Crippen molar-refractivity contribution < 1.29 is 14.3 Å². The zero-order valence-electron chi connectivity index (χ0n) is 20.0. The number of anilines is 2. The minimum Gasteiger partial charge on any atom is -0.456 e. The van der Waals surface area contributed by atoms with Gasteiger partial charge in [-0.1, -0.05) is 30.3 Å². The smallest absolute Gasteiger partial charge is 0.340 e. The van der Waals surface area contributed by atoms with Crippen molar-refractivity contribution in [3.63, 3.8) is 0 Å². The molecule has 1 aromatic heterocycles. The van der Waals surface area contributed by atoms with Crippen LogP contribution in [0.3, 0.4) is 0 Å². The van der Waals surface area contributed by atoms with Gasteiger partial charge in [0.05, 0.1) is 16.8 Å². The maximum Gasteiger partial charge on any atom is 0.340 e. The highest BCUT2D eigenvalue weighted by Crippen LogP contribution is 2.29. The van der Waals surface area contributed by atoms with Crippen LogP contribution in [0.15, 0.2) is 67.0 Å². The summed E-state index contributed by atoms with van der Waals surface area (Å²) < 4.78 is 5.60. The molecule has 0 saturated carbocycles. The first-order valence-electron chi connectivity index (χ1n) is 11.7. The summed E-state index contributed by atoms with van der Waals surface area (Å²) in [6, 6.07) is 17.1. The number of carbonyl (C=O) groups excluding carboxylic acids is 2.